The number of ketones is 1. The molecule has 0 amide bonds. The maximum absolute atomic E-state index is 11.9. The zero-order chi connectivity index (χ0) is 13.9. The molecule has 0 spiro atoms. The van der Waals surface area contributed by atoms with Crippen LogP contribution >= 0.6 is 27.3 Å². The Bertz CT molecular complexity index is 730. The molecule has 2 heterocycles. The van der Waals surface area contributed by atoms with E-state index < -0.39 is 0 Å². The maximum atomic E-state index is 11.9. The fourth-order valence-electron chi connectivity index (χ4n) is 2.32. The minimum absolute atomic E-state index is 0.248. The van der Waals surface area contributed by atoms with E-state index in [4.69, 9.17) is 0 Å². The summed E-state index contributed by atoms with van der Waals surface area (Å²) in [5.41, 5.74) is 1.21. The van der Waals surface area contributed by atoms with Gasteiger partial charge < -0.3 is 4.57 Å². The van der Waals surface area contributed by atoms with Gasteiger partial charge in [-0.15, -0.1) is 11.3 Å². The Morgan fingerprint density at radius 2 is 2.15 bits per heavy atom. The molecular formula is C16H14BrNOS. The first-order chi connectivity index (χ1) is 9.74. The molecule has 0 N–H and O–H groups in total. The van der Waals surface area contributed by atoms with E-state index in [2.05, 4.69) is 44.9 Å². The number of nitrogens with zero attached hydrogens (tertiary/aromatic N) is 1. The predicted octanol–water partition coefficient (Wildman–Crippen LogP) is 5.13. The molecule has 4 heteroatoms. The maximum Gasteiger partial charge on any atom is 0.172 e. The van der Waals surface area contributed by atoms with Crippen molar-refractivity contribution in [3.63, 3.8) is 0 Å². The first-order valence-electron chi connectivity index (χ1n) is 6.55. The van der Waals surface area contributed by atoms with Gasteiger partial charge in [-0.1, -0.05) is 28.1 Å². The van der Waals surface area contributed by atoms with Crippen LogP contribution < -0.4 is 0 Å². The summed E-state index contributed by atoms with van der Waals surface area (Å²) in [5.74, 6) is 0.248. The fraction of sp³-hybridized carbons (Fsp3) is 0.188. The minimum Gasteiger partial charge on any atom is -0.347 e. The van der Waals surface area contributed by atoms with Crippen molar-refractivity contribution in [2.24, 2.45) is 0 Å². The quantitative estimate of drug-likeness (QED) is 0.586. The summed E-state index contributed by atoms with van der Waals surface area (Å²) in [6.45, 7) is 0.872. The molecule has 0 aliphatic rings. The normalized spacial score (nSPS) is 11.1. The van der Waals surface area contributed by atoms with Crippen molar-refractivity contribution in [3.05, 3.63) is 57.3 Å². The largest absolute Gasteiger partial charge is 0.347 e. The van der Waals surface area contributed by atoms with Crippen LogP contribution in [0.3, 0.4) is 0 Å². The molecule has 0 saturated heterocycles. The number of fused-ring (bicyclic) bond motifs is 1. The molecule has 3 rings (SSSR count). The van der Waals surface area contributed by atoms with E-state index in [1.165, 1.54) is 22.2 Å². The number of hydrogen-bond donors (Lipinski definition) is 0. The summed E-state index contributed by atoms with van der Waals surface area (Å²) in [7, 11) is 0. The highest BCUT2D eigenvalue weighted by atomic mass is 79.9. The lowest BCUT2D eigenvalue weighted by Gasteiger charge is -2.05. The molecule has 0 fully saturated rings. The highest BCUT2D eigenvalue weighted by Crippen LogP contribution is 2.21. The zero-order valence-electron chi connectivity index (χ0n) is 10.9. The molecule has 0 saturated carbocycles. The van der Waals surface area contributed by atoms with Crippen LogP contribution in [0.25, 0.3) is 10.9 Å². The summed E-state index contributed by atoms with van der Waals surface area (Å²) in [6.07, 6.45) is 3.56. The number of rotatable bonds is 5. The summed E-state index contributed by atoms with van der Waals surface area (Å²) >= 11 is 5.02. The summed E-state index contributed by atoms with van der Waals surface area (Å²) in [4.78, 5) is 12.8. The smallest absolute Gasteiger partial charge is 0.172 e. The third-order valence-electron chi connectivity index (χ3n) is 3.33. The molecule has 0 unspecified atom stereocenters. The molecule has 102 valence electrons. The monoisotopic (exact) mass is 347 g/mol. The van der Waals surface area contributed by atoms with E-state index in [0.29, 0.717) is 6.42 Å². The van der Waals surface area contributed by atoms with Crippen LogP contribution in [0.5, 0.6) is 0 Å². The van der Waals surface area contributed by atoms with Crippen LogP contribution in [0.1, 0.15) is 22.5 Å². The number of Topliss-reactive ketones (excluding diaryl/α,β-unsaturated/α-hetero) is 1. The van der Waals surface area contributed by atoms with Gasteiger partial charge in [0, 0.05) is 29.2 Å². The highest BCUT2D eigenvalue weighted by Gasteiger charge is 2.07. The highest BCUT2D eigenvalue weighted by molar-refractivity contribution is 9.10. The average Bonchev–Trinajstić information content (AvgIpc) is 3.08. The van der Waals surface area contributed by atoms with Crippen LogP contribution in [-0.2, 0) is 6.54 Å². The van der Waals surface area contributed by atoms with Gasteiger partial charge in [-0.25, -0.2) is 0 Å². The molecule has 2 nitrogen and oxygen atoms in total. The van der Waals surface area contributed by atoms with Gasteiger partial charge in [0.05, 0.1) is 4.88 Å². The molecule has 0 aliphatic heterocycles. The van der Waals surface area contributed by atoms with Crippen molar-refractivity contribution in [2.75, 3.05) is 0 Å². The lowest BCUT2D eigenvalue weighted by molar-refractivity contribution is 0.0982. The van der Waals surface area contributed by atoms with Crippen molar-refractivity contribution in [1.82, 2.24) is 4.57 Å². The number of aromatic nitrogens is 1. The lowest BCUT2D eigenvalue weighted by atomic mass is 10.2. The van der Waals surface area contributed by atoms with Crippen LogP contribution in [-0.4, -0.2) is 10.4 Å². The SMILES string of the molecule is O=C(CCCn1ccc2ccc(Br)cc21)c1cccs1. The van der Waals surface area contributed by atoms with Crippen molar-refractivity contribution < 1.29 is 4.79 Å². The number of carbonyl (C=O) groups is 1. The third kappa shape index (κ3) is 2.86. The molecule has 3 aromatic rings. The minimum atomic E-state index is 0.248. The summed E-state index contributed by atoms with van der Waals surface area (Å²) < 4.78 is 3.29. The number of halogens is 1. The molecule has 0 radical (unpaired) electrons. The van der Waals surface area contributed by atoms with Crippen molar-refractivity contribution in [1.29, 1.82) is 0 Å². The molecule has 1 aromatic carbocycles. The fourth-order valence-corrected chi connectivity index (χ4v) is 3.37. The second-order valence-corrected chi connectivity index (χ2v) is 6.58. The van der Waals surface area contributed by atoms with Gasteiger partial charge in [-0.2, -0.15) is 0 Å². The Hall–Kier alpha value is -1.39. The Labute approximate surface area is 130 Å². The molecule has 2 aromatic heterocycles. The lowest BCUT2D eigenvalue weighted by Crippen LogP contribution is -2.01. The standard InChI is InChI=1S/C16H14BrNOS/c17-13-6-5-12-7-9-18(14(12)11-13)8-1-3-15(19)16-4-2-10-20-16/h2,4-7,9-11H,1,3,8H2. The number of hydrogen-bond acceptors (Lipinski definition) is 2. The Morgan fingerprint density at radius 3 is 2.95 bits per heavy atom. The van der Waals surface area contributed by atoms with Crippen molar-refractivity contribution in [3.8, 4) is 0 Å². The Balaban J connectivity index is 1.65. The molecule has 0 atom stereocenters. The van der Waals surface area contributed by atoms with E-state index in [9.17, 15) is 4.79 Å². The van der Waals surface area contributed by atoms with Crippen molar-refractivity contribution >= 4 is 44.0 Å². The third-order valence-corrected chi connectivity index (χ3v) is 4.74. The number of benzene rings is 1. The zero-order valence-corrected chi connectivity index (χ0v) is 13.3. The average molecular weight is 348 g/mol. The molecule has 20 heavy (non-hydrogen) atoms. The van der Waals surface area contributed by atoms with Crippen LogP contribution in [0.15, 0.2) is 52.4 Å². The van der Waals surface area contributed by atoms with Gasteiger partial charge >= 0.3 is 0 Å². The van der Waals surface area contributed by atoms with E-state index in [0.717, 1.165) is 22.3 Å². The number of aryl methyl sites for hydroxylation is 1. The Morgan fingerprint density at radius 1 is 1.25 bits per heavy atom. The molecule has 0 bridgehead atoms. The second kappa shape index (κ2) is 5.94. The second-order valence-electron chi connectivity index (χ2n) is 4.72. The Kier molecular flexibility index (Phi) is 4.03. The number of carbonyl (C=O) groups excluding carboxylic acids is 1. The van der Waals surface area contributed by atoms with Gasteiger partial charge in [-0.3, -0.25) is 4.79 Å². The number of thiophene rings is 1. The van der Waals surface area contributed by atoms with Gasteiger partial charge in [-0.05, 0) is 41.5 Å². The first kappa shape index (κ1) is 13.6. The first-order valence-corrected chi connectivity index (χ1v) is 8.22. The molecule has 0 aliphatic carbocycles. The van der Waals surface area contributed by atoms with Crippen LogP contribution in [0.4, 0.5) is 0 Å². The van der Waals surface area contributed by atoms with Crippen LogP contribution in [0, 0.1) is 0 Å². The van der Waals surface area contributed by atoms with E-state index in [1.54, 1.807) is 0 Å². The van der Waals surface area contributed by atoms with Gasteiger partial charge in [0.25, 0.3) is 0 Å². The predicted molar refractivity (Wildman–Crippen MR) is 87.5 cm³/mol. The topological polar surface area (TPSA) is 22.0 Å². The van der Waals surface area contributed by atoms with Crippen molar-refractivity contribution in [2.45, 2.75) is 19.4 Å². The van der Waals surface area contributed by atoms with Crippen LogP contribution in [0.2, 0.25) is 0 Å². The van der Waals surface area contributed by atoms with Gasteiger partial charge in [0.1, 0.15) is 0 Å². The summed E-state index contributed by atoms with van der Waals surface area (Å²) in [6, 6.07) is 12.2. The van der Waals surface area contributed by atoms with E-state index in [-0.39, 0.29) is 5.78 Å². The summed E-state index contributed by atoms with van der Waals surface area (Å²) in [5, 5.41) is 3.18. The van der Waals surface area contributed by atoms with Gasteiger partial charge in [0.2, 0.25) is 0 Å². The molecular weight excluding hydrogens is 334 g/mol. The van der Waals surface area contributed by atoms with Gasteiger partial charge in [0.15, 0.2) is 5.78 Å². The van der Waals surface area contributed by atoms with E-state index in [1.807, 2.05) is 23.6 Å². The van der Waals surface area contributed by atoms with E-state index >= 15 is 0 Å².